The lowest BCUT2D eigenvalue weighted by atomic mass is 9.60. The molecule has 6 heterocycles. The van der Waals surface area contributed by atoms with Crippen molar-refractivity contribution in [2.24, 2.45) is 16.6 Å². The van der Waals surface area contributed by atoms with Crippen LogP contribution in [0.15, 0.2) is 36.7 Å². The summed E-state index contributed by atoms with van der Waals surface area (Å²) in [6.07, 6.45) is 7.71. The lowest BCUT2D eigenvalue weighted by molar-refractivity contribution is -0.136. The lowest BCUT2D eigenvalue weighted by Gasteiger charge is -2.61. The van der Waals surface area contributed by atoms with E-state index in [4.69, 9.17) is 21.4 Å². The quantitative estimate of drug-likeness (QED) is 0.152. The third-order valence-electron chi connectivity index (χ3n) is 14.1. The van der Waals surface area contributed by atoms with Gasteiger partial charge in [0.15, 0.2) is 0 Å². The Kier molecular flexibility index (Phi) is 11.5. The first-order valence-electron chi connectivity index (χ1n) is 21.5. The van der Waals surface area contributed by atoms with Gasteiger partial charge < -0.3 is 51.6 Å². The number of benzene rings is 1. The second-order valence-corrected chi connectivity index (χ2v) is 18.7. The van der Waals surface area contributed by atoms with E-state index in [-0.39, 0.29) is 48.5 Å². The molecule has 1 aliphatic carbocycles. The van der Waals surface area contributed by atoms with Gasteiger partial charge in [0.25, 0.3) is 0 Å². The van der Waals surface area contributed by atoms with Crippen molar-refractivity contribution < 1.29 is 28.6 Å². The monoisotopic (exact) mass is 830 g/mol. The van der Waals surface area contributed by atoms with Crippen LogP contribution in [0.4, 0.5) is 25.3 Å². The van der Waals surface area contributed by atoms with Crippen LogP contribution in [-0.4, -0.2) is 122 Å². The number of rotatable bonds is 11. The predicted molar refractivity (Wildman–Crippen MR) is 226 cm³/mol. The molecule has 3 unspecified atom stereocenters. The molecule has 0 bridgehead atoms. The van der Waals surface area contributed by atoms with Crippen molar-refractivity contribution in [2.75, 3.05) is 56.4 Å². The number of phenolic OH excluding ortho intramolecular Hbond substituents is 1. The molecule has 16 heteroatoms. The number of alkyl halides is 2. The van der Waals surface area contributed by atoms with E-state index in [1.807, 2.05) is 24.5 Å². The van der Waals surface area contributed by atoms with E-state index in [1.165, 1.54) is 4.90 Å². The highest BCUT2D eigenvalue weighted by molar-refractivity contribution is 5.89. The third-order valence-corrected chi connectivity index (χ3v) is 14.1. The molecule has 60 heavy (non-hydrogen) atoms. The second kappa shape index (κ2) is 16.5. The van der Waals surface area contributed by atoms with Gasteiger partial charge in [-0.15, -0.1) is 0 Å². The summed E-state index contributed by atoms with van der Waals surface area (Å²) in [5.41, 5.74) is 17.2. The van der Waals surface area contributed by atoms with Crippen LogP contribution in [-0.2, 0) is 11.2 Å². The van der Waals surface area contributed by atoms with E-state index in [0.717, 1.165) is 74.1 Å². The minimum atomic E-state index is -2.49. The Morgan fingerprint density at radius 3 is 2.42 bits per heavy atom. The van der Waals surface area contributed by atoms with Gasteiger partial charge in [0, 0.05) is 97.5 Å². The van der Waals surface area contributed by atoms with Gasteiger partial charge in [-0.05, 0) is 93.6 Å². The van der Waals surface area contributed by atoms with Crippen molar-refractivity contribution in [2.45, 2.75) is 109 Å². The van der Waals surface area contributed by atoms with Crippen LogP contribution < -0.4 is 21.7 Å². The molecule has 2 aromatic heterocycles. The second-order valence-electron chi connectivity index (χ2n) is 18.7. The molecule has 14 nitrogen and oxygen atoms in total. The van der Waals surface area contributed by atoms with Crippen LogP contribution in [0, 0.1) is 10.8 Å². The number of hydrogen-bond acceptors (Lipinski definition) is 10. The molecule has 324 valence electrons. The number of carbonyl (C=O) groups excluding carboxylic acids is 2. The molecule has 4 aliphatic heterocycles. The summed E-state index contributed by atoms with van der Waals surface area (Å²) in [6.45, 7) is 10.2. The number of para-hydroxylation sites is 1. The molecular weight excluding hydrogens is 771 g/mol. The van der Waals surface area contributed by atoms with Crippen molar-refractivity contribution in [3.8, 4) is 5.75 Å². The number of anilines is 2. The van der Waals surface area contributed by atoms with Gasteiger partial charge in [-0.25, -0.2) is 23.5 Å². The Labute approximate surface area is 350 Å². The maximum atomic E-state index is 13.5. The fraction of sp³-hybridized carbons (Fsp3) is 0.591. The molecule has 3 amide bonds. The number of nitrogens with one attached hydrogen (secondary N) is 2. The summed E-state index contributed by atoms with van der Waals surface area (Å²) in [6, 6.07) is 6.11. The third kappa shape index (κ3) is 8.24. The molecule has 5 aliphatic rings. The number of phenols is 1. The number of likely N-dealkylation sites (tertiary alicyclic amines) is 3. The predicted octanol–water partition coefficient (Wildman–Crippen LogP) is 5.06. The van der Waals surface area contributed by atoms with Gasteiger partial charge in [0.2, 0.25) is 18.3 Å². The highest BCUT2D eigenvalue weighted by Gasteiger charge is 2.56. The van der Waals surface area contributed by atoms with Crippen LogP contribution in [0.3, 0.4) is 0 Å². The van der Waals surface area contributed by atoms with Gasteiger partial charge in [-0.1, -0.05) is 26.0 Å². The Hall–Kier alpha value is -4.96. The number of hydrogen-bond donors (Lipinski definition) is 6. The van der Waals surface area contributed by atoms with Crippen LogP contribution >= 0.6 is 0 Å². The minimum Gasteiger partial charge on any atom is -0.507 e. The number of urea groups is 1. The fourth-order valence-corrected chi connectivity index (χ4v) is 10.4. The number of amides is 3. The zero-order valence-corrected chi connectivity index (χ0v) is 34.9. The summed E-state index contributed by atoms with van der Waals surface area (Å²) in [7, 11) is 0. The molecule has 8 rings (SSSR count). The van der Waals surface area contributed by atoms with E-state index in [1.54, 1.807) is 36.9 Å². The Bertz CT molecular complexity index is 2070. The number of nitrogens with two attached hydrogens (primary N) is 2. The first-order chi connectivity index (χ1) is 28.6. The summed E-state index contributed by atoms with van der Waals surface area (Å²) >= 11 is 0. The Balaban J connectivity index is 0.820. The fourth-order valence-electron chi connectivity index (χ4n) is 10.4. The average molecular weight is 831 g/mol. The number of fused-ring (bicyclic) bond motifs is 1. The lowest BCUT2D eigenvalue weighted by Crippen LogP contribution is -2.70. The van der Waals surface area contributed by atoms with Crippen molar-refractivity contribution in [3.05, 3.63) is 64.6 Å². The molecule has 1 spiro atoms. The molecule has 1 saturated carbocycles. The molecule has 0 radical (unpaired) electrons. The molecular formula is C44H60F2N10O4. The maximum absolute atomic E-state index is 13.5. The smallest absolute Gasteiger partial charge is 0.318 e. The number of H-pyrrole nitrogens is 1. The van der Waals surface area contributed by atoms with Crippen molar-refractivity contribution in [1.29, 1.82) is 0 Å². The summed E-state index contributed by atoms with van der Waals surface area (Å²) in [5, 5.41) is 23.3. The molecule has 1 aromatic carbocycles. The highest BCUT2D eigenvalue weighted by atomic mass is 19.3. The normalized spacial score (nSPS) is 23.1. The number of carbonyl (C=O) groups is 2. The first-order valence-corrected chi connectivity index (χ1v) is 21.5. The topological polar surface area (TPSA) is 193 Å². The van der Waals surface area contributed by atoms with E-state index < -0.39 is 24.0 Å². The van der Waals surface area contributed by atoms with E-state index in [2.05, 4.69) is 27.0 Å². The summed E-state index contributed by atoms with van der Waals surface area (Å²) in [4.78, 5) is 48.2. The van der Waals surface area contributed by atoms with Crippen molar-refractivity contribution in [1.82, 2.24) is 35.0 Å². The zero-order chi connectivity index (χ0) is 42.5. The summed E-state index contributed by atoms with van der Waals surface area (Å²) < 4.78 is 26.4. The maximum Gasteiger partial charge on any atom is 0.318 e. The number of aromatic hydroxyl groups is 1. The number of aromatic nitrogens is 3. The van der Waals surface area contributed by atoms with Gasteiger partial charge in [0.1, 0.15) is 17.6 Å². The Morgan fingerprint density at radius 2 is 1.77 bits per heavy atom. The van der Waals surface area contributed by atoms with Gasteiger partial charge in [-0.3, -0.25) is 4.79 Å². The number of aliphatic hydroxyl groups excluding tert-OH is 1. The van der Waals surface area contributed by atoms with Crippen molar-refractivity contribution >= 4 is 35.5 Å². The van der Waals surface area contributed by atoms with Crippen LogP contribution in [0.25, 0.3) is 11.8 Å². The van der Waals surface area contributed by atoms with E-state index >= 15 is 0 Å². The first kappa shape index (κ1) is 41.8. The number of aliphatic hydroxyl groups is 1. The van der Waals surface area contributed by atoms with Crippen LogP contribution in [0.5, 0.6) is 5.75 Å². The highest BCUT2D eigenvalue weighted by Crippen LogP contribution is 2.51. The number of aromatic amines is 1. The Morgan fingerprint density at radius 1 is 1.07 bits per heavy atom. The van der Waals surface area contributed by atoms with Gasteiger partial charge in [0.05, 0.1) is 12.1 Å². The van der Waals surface area contributed by atoms with Crippen molar-refractivity contribution in [3.63, 3.8) is 0 Å². The molecule has 3 aromatic rings. The standard InChI is InChI=1S/C44H60F2N10O4/c1-26-37-32(18-33(47)31-6-4-5-7-35(31)58)39(48)51-34(37)12-17-56(26)41-49-21-28(22-50-41)27-9-14-53(15-10-27)29-19-44(20-29)24-55(25-44)42(60)52-38(43(2,3)13-8-36(45)46)40(59)54-16-11-30(57)23-54/h4-7,18,21-22,26-27,29-30,36,38,51,57-58H,8-17,19-20,23-25,47-48H2,1-3H3,(H,52,60)/b33-18-. The van der Waals surface area contributed by atoms with E-state index in [0.29, 0.717) is 61.0 Å². The van der Waals surface area contributed by atoms with Gasteiger partial charge >= 0.3 is 6.03 Å². The minimum absolute atomic E-state index is 0.0586. The summed E-state index contributed by atoms with van der Waals surface area (Å²) in [5.74, 6) is 1.38. The molecule has 3 saturated heterocycles. The SMILES string of the molecule is CC1c2c([nH]c(N)c2/C=C(\N)c2ccccc2O)CCN1c1ncc(C2CCN(C3CC4(C3)CN(C(=O)NC(C(=O)N3CCC(O)C3)C(C)(C)CCC(F)F)C4)CC2)cn1. The number of nitrogens with zero attached hydrogens (tertiary/aromatic N) is 6. The number of piperidine rings is 1. The molecule has 3 atom stereocenters. The number of nitrogen functional groups attached to an aromatic ring is 1. The van der Waals surface area contributed by atoms with E-state index in [9.17, 15) is 28.6 Å². The average Bonchev–Trinajstić information content (AvgIpc) is 3.77. The zero-order valence-electron chi connectivity index (χ0n) is 34.9. The number of β-amino-alcohol motifs (C(OH)–C–C–N with tert-alkyl or cyclic N) is 1. The van der Waals surface area contributed by atoms with Gasteiger partial charge in [-0.2, -0.15) is 0 Å². The largest absolute Gasteiger partial charge is 0.507 e. The van der Waals surface area contributed by atoms with Crippen LogP contribution in [0.2, 0.25) is 0 Å². The number of halogens is 2. The van der Waals surface area contributed by atoms with Crippen LogP contribution in [0.1, 0.15) is 106 Å². The molecule has 8 N–H and O–H groups in total. The molecule has 4 fully saturated rings.